The first-order valence-corrected chi connectivity index (χ1v) is 7.00. The van der Waals surface area contributed by atoms with Crippen LogP contribution in [0.25, 0.3) is 22.8 Å². The first kappa shape index (κ1) is 13.9. The number of rotatable bonds is 3. The monoisotopic (exact) mass is 319 g/mol. The molecule has 0 radical (unpaired) electrons. The maximum Gasteiger partial charge on any atom is 0.260 e. The van der Waals surface area contributed by atoms with Crippen molar-refractivity contribution in [1.82, 2.24) is 10.1 Å². The molecule has 0 aliphatic heterocycles. The second kappa shape index (κ2) is 5.76. The van der Waals surface area contributed by atoms with Crippen molar-refractivity contribution in [2.24, 2.45) is 0 Å². The van der Waals surface area contributed by atoms with Gasteiger partial charge in [-0.15, -0.1) is 0 Å². The molecule has 1 aromatic heterocycles. The van der Waals surface area contributed by atoms with E-state index in [1.165, 1.54) is 0 Å². The van der Waals surface area contributed by atoms with Crippen LogP contribution in [0.5, 0.6) is 0 Å². The summed E-state index contributed by atoms with van der Waals surface area (Å²) in [4.78, 5) is 4.41. The van der Waals surface area contributed by atoms with Crippen LogP contribution in [0.15, 0.2) is 47.0 Å². The predicted molar refractivity (Wildman–Crippen MR) is 84.7 cm³/mol. The van der Waals surface area contributed by atoms with Crippen molar-refractivity contribution < 1.29 is 4.52 Å². The zero-order valence-corrected chi connectivity index (χ0v) is 12.6. The fourth-order valence-corrected chi connectivity index (χ4v) is 2.55. The predicted octanol–water partition coefficient (Wildman–Crippen LogP) is 4.75. The minimum atomic E-state index is 0.436. The standard InChI is InChI=1S/C15H11Cl2N3O/c1-18-13-5-3-2-4-12(13)15-19-14(20-21-15)9-6-10(16)8-11(17)7-9/h2-8,18H,1H3. The zero-order chi connectivity index (χ0) is 14.8. The lowest BCUT2D eigenvalue weighted by molar-refractivity contribution is 0.432. The molecule has 0 fully saturated rings. The van der Waals surface area contributed by atoms with E-state index >= 15 is 0 Å². The van der Waals surface area contributed by atoms with Gasteiger partial charge in [0.15, 0.2) is 0 Å². The van der Waals surface area contributed by atoms with Crippen LogP contribution in [0.4, 0.5) is 5.69 Å². The molecule has 1 N–H and O–H groups in total. The Kier molecular flexibility index (Phi) is 3.82. The minimum Gasteiger partial charge on any atom is -0.387 e. The molecule has 21 heavy (non-hydrogen) atoms. The Morgan fingerprint density at radius 2 is 1.76 bits per heavy atom. The van der Waals surface area contributed by atoms with E-state index in [1.54, 1.807) is 18.2 Å². The topological polar surface area (TPSA) is 51.0 Å². The van der Waals surface area contributed by atoms with E-state index in [9.17, 15) is 0 Å². The highest BCUT2D eigenvalue weighted by Gasteiger charge is 2.14. The quantitative estimate of drug-likeness (QED) is 0.756. The average molecular weight is 320 g/mol. The van der Waals surface area contributed by atoms with E-state index in [2.05, 4.69) is 15.5 Å². The van der Waals surface area contributed by atoms with E-state index in [1.807, 2.05) is 31.3 Å². The number of nitrogens with zero attached hydrogens (tertiary/aromatic N) is 2. The number of hydrogen-bond acceptors (Lipinski definition) is 4. The fourth-order valence-electron chi connectivity index (χ4n) is 2.02. The molecule has 3 rings (SSSR count). The van der Waals surface area contributed by atoms with Crippen LogP contribution in [0.3, 0.4) is 0 Å². The highest BCUT2D eigenvalue weighted by atomic mass is 35.5. The van der Waals surface area contributed by atoms with Crippen molar-refractivity contribution >= 4 is 28.9 Å². The molecule has 0 bridgehead atoms. The van der Waals surface area contributed by atoms with E-state index in [0.717, 1.165) is 11.3 Å². The van der Waals surface area contributed by atoms with Gasteiger partial charge >= 0.3 is 0 Å². The summed E-state index contributed by atoms with van der Waals surface area (Å²) in [6.07, 6.45) is 0. The molecule has 0 aliphatic rings. The average Bonchev–Trinajstić information content (AvgIpc) is 2.96. The van der Waals surface area contributed by atoms with Gasteiger partial charge in [0.1, 0.15) is 0 Å². The second-order valence-electron chi connectivity index (χ2n) is 4.38. The van der Waals surface area contributed by atoms with Crippen LogP contribution >= 0.6 is 23.2 Å². The second-order valence-corrected chi connectivity index (χ2v) is 5.25. The molecule has 0 aliphatic carbocycles. The van der Waals surface area contributed by atoms with Gasteiger partial charge in [-0.1, -0.05) is 40.5 Å². The summed E-state index contributed by atoms with van der Waals surface area (Å²) in [7, 11) is 1.84. The van der Waals surface area contributed by atoms with Gasteiger partial charge in [0.2, 0.25) is 5.82 Å². The Morgan fingerprint density at radius 1 is 1.05 bits per heavy atom. The van der Waals surface area contributed by atoms with Crippen LogP contribution < -0.4 is 5.32 Å². The lowest BCUT2D eigenvalue weighted by Crippen LogP contribution is -1.91. The van der Waals surface area contributed by atoms with E-state index in [-0.39, 0.29) is 0 Å². The lowest BCUT2D eigenvalue weighted by Gasteiger charge is -2.03. The Hall–Kier alpha value is -2.04. The smallest absolute Gasteiger partial charge is 0.260 e. The summed E-state index contributed by atoms with van der Waals surface area (Å²) in [5.74, 6) is 0.881. The summed E-state index contributed by atoms with van der Waals surface area (Å²) in [5, 5.41) is 8.14. The van der Waals surface area contributed by atoms with Crippen LogP contribution in [-0.4, -0.2) is 17.2 Å². The summed E-state index contributed by atoms with van der Waals surface area (Å²) in [5.41, 5.74) is 2.47. The van der Waals surface area contributed by atoms with Gasteiger partial charge in [0.25, 0.3) is 5.89 Å². The fraction of sp³-hybridized carbons (Fsp3) is 0.0667. The molecular weight excluding hydrogens is 309 g/mol. The van der Waals surface area contributed by atoms with E-state index in [4.69, 9.17) is 27.7 Å². The number of benzene rings is 2. The zero-order valence-electron chi connectivity index (χ0n) is 11.1. The number of aromatic nitrogens is 2. The van der Waals surface area contributed by atoms with Crippen molar-refractivity contribution in [2.45, 2.75) is 0 Å². The van der Waals surface area contributed by atoms with E-state index < -0.39 is 0 Å². The Labute approximate surface area is 131 Å². The molecule has 106 valence electrons. The van der Waals surface area contributed by atoms with Crippen LogP contribution in [0.2, 0.25) is 10.0 Å². The molecule has 3 aromatic rings. The highest BCUT2D eigenvalue weighted by molar-refractivity contribution is 6.35. The Bertz CT molecular complexity index is 766. The molecule has 4 nitrogen and oxygen atoms in total. The highest BCUT2D eigenvalue weighted by Crippen LogP contribution is 2.30. The molecule has 0 atom stereocenters. The third-order valence-corrected chi connectivity index (χ3v) is 3.41. The lowest BCUT2D eigenvalue weighted by atomic mass is 10.1. The summed E-state index contributed by atoms with van der Waals surface area (Å²) >= 11 is 12.0. The molecule has 1 heterocycles. The number of anilines is 1. The van der Waals surface area contributed by atoms with Gasteiger partial charge in [-0.05, 0) is 30.3 Å². The van der Waals surface area contributed by atoms with Crippen molar-refractivity contribution in [2.75, 3.05) is 12.4 Å². The van der Waals surface area contributed by atoms with Crippen LogP contribution in [0, 0.1) is 0 Å². The molecule has 0 unspecified atom stereocenters. The summed E-state index contributed by atoms with van der Waals surface area (Å²) in [6.45, 7) is 0. The van der Waals surface area contributed by atoms with Gasteiger partial charge in [-0.25, -0.2) is 0 Å². The van der Waals surface area contributed by atoms with Crippen molar-refractivity contribution in [3.8, 4) is 22.8 Å². The van der Waals surface area contributed by atoms with Crippen molar-refractivity contribution in [1.29, 1.82) is 0 Å². The maximum absolute atomic E-state index is 5.99. The van der Waals surface area contributed by atoms with Gasteiger partial charge < -0.3 is 9.84 Å². The van der Waals surface area contributed by atoms with Crippen LogP contribution in [0.1, 0.15) is 0 Å². The Morgan fingerprint density at radius 3 is 2.48 bits per heavy atom. The van der Waals surface area contributed by atoms with Gasteiger partial charge in [0, 0.05) is 28.3 Å². The van der Waals surface area contributed by atoms with Crippen LogP contribution in [-0.2, 0) is 0 Å². The third-order valence-electron chi connectivity index (χ3n) is 2.97. The molecule has 0 saturated carbocycles. The third kappa shape index (κ3) is 2.86. The van der Waals surface area contributed by atoms with Gasteiger partial charge in [0.05, 0.1) is 5.56 Å². The number of halogens is 2. The minimum absolute atomic E-state index is 0.436. The van der Waals surface area contributed by atoms with Gasteiger partial charge in [-0.3, -0.25) is 0 Å². The first-order valence-electron chi connectivity index (χ1n) is 6.24. The molecule has 2 aromatic carbocycles. The first-order chi connectivity index (χ1) is 10.2. The normalized spacial score (nSPS) is 10.6. The number of para-hydroxylation sites is 1. The van der Waals surface area contributed by atoms with Gasteiger partial charge in [-0.2, -0.15) is 4.98 Å². The van der Waals surface area contributed by atoms with E-state index in [0.29, 0.717) is 27.3 Å². The number of nitrogens with one attached hydrogen (secondary N) is 1. The SMILES string of the molecule is CNc1ccccc1-c1nc(-c2cc(Cl)cc(Cl)c2)no1. The largest absolute Gasteiger partial charge is 0.387 e. The Balaban J connectivity index is 2.04. The maximum atomic E-state index is 5.99. The summed E-state index contributed by atoms with van der Waals surface area (Å²) in [6, 6.07) is 12.8. The molecule has 6 heteroatoms. The molecular formula is C15H11Cl2N3O. The van der Waals surface area contributed by atoms with Crippen molar-refractivity contribution in [3.63, 3.8) is 0 Å². The summed E-state index contributed by atoms with van der Waals surface area (Å²) < 4.78 is 5.34. The molecule has 0 saturated heterocycles. The van der Waals surface area contributed by atoms with Crippen molar-refractivity contribution in [3.05, 3.63) is 52.5 Å². The molecule has 0 amide bonds. The molecule has 0 spiro atoms. The number of hydrogen-bond donors (Lipinski definition) is 1.